The lowest BCUT2D eigenvalue weighted by Gasteiger charge is -2.05. The molecule has 4 rings (SSSR count). The molecule has 0 aliphatic rings. The van der Waals surface area contributed by atoms with Crippen LogP contribution in [0.2, 0.25) is 0 Å². The third-order valence-corrected chi connectivity index (χ3v) is 4.21. The molecule has 0 unspecified atom stereocenters. The molecule has 0 amide bonds. The second kappa shape index (κ2) is 6.92. The second-order valence-electron chi connectivity index (χ2n) is 5.96. The van der Waals surface area contributed by atoms with Gasteiger partial charge in [0.05, 0.1) is 11.5 Å². The van der Waals surface area contributed by atoms with Crippen LogP contribution in [0, 0.1) is 10.1 Å². The van der Waals surface area contributed by atoms with Crippen LogP contribution in [0.25, 0.3) is 33.7 Å². The first-order chi connectivity index (χ1) is 13.1. The van der Waals surface area contributed by atoms with Gasteiger partial charge in [0.25, 0.3) is 5.69 Å². The summed E-state index contributed by atoms with van der Waals surface area (Å²) in [5, 5.41) is 10.9. The molecule has 0 saturated carbocycles. The topological polar surface area (TPSA) is 78.4 Å². The molecule has 0 saturated heterocycles. The first-order valence-electron chi connectivity index (χ1n) is 8.52. The van der Waals surface area contributed by atoms with E-state index in [9.17, 15) is 10.1 Å². The lowest BCUT2D eigenvalue weighted by atomic mass is 10.0. The summed E-state index contributed by atoms with van der Waals surface area (Å²) in [6.07, 6.45) is 0. The molecular formula is C21H16N2O4. The Balaban J connectivity index is 1.61. The van der Waals surface area contributed by atoms with Gasteiger partial charge in [0, 0.05) is 17.7 Å². The Kier molecular flexibility index (Phi) is 4.30. The summed E-state index contributed by atoms with van der Waals surface area (Å²) in [6, 6.07) is 20.1. The largest absolute Gasteiger partial charge is 0.494 e. The molecule has 1 heterocycles. The van der Waals surface area contributed by atoms with Gasteiger partial charge in [-0.05, 0) is 48.4 Å². The smallest absolute Gasteiger partial charge is 0.271 e. The zero-order chi connectivity index (χ0) is 18.8. The van der Waals surface area contributed by atoms with Crippen molar-refractivity contribution < 1.29 is 14.1 Å². The highest BCUT2D eigenvalue weighted by Crippen LogP contribution is 2.29. The van der Waals surface area contributed by atoms with E-state index in [1.54, 1.807) is 6.07 Å². The molecule has 4 aromatic rings. The van der Waals surface area contributed by atoms with Gasteiger partial charge in [0.1, 0.15) is 11.3 Å². The van der Waals surface area contributed by atoms with Gasteiger partial charge < -0.3 is 9.15 Å². The van der Waals surface area contributed by atoms with Crippen molar-refractivity contribution in [1.29, 1.82) is 0 Å². The Hall–Kier alpha value is -3.67. The van der Waals surface area contributed by atoms with Crippen molar-refractivity contribution in [3.8, 4) is 28.3 Å². The number of non-ortho nitro benzene ring substituents is 1. The van der Waals surface area contributed by atoms with E-state index < -0.39 is 4.92 Å². The maximum absolute atomic E-state index is 10.9. The van der Waals surface area contributed by atoms with Gasteiger partial charge in [-0.1, -0.05) is 24.3 Å². The molecule has 1 aromatic heterocycles. The molecule has 6 nitrogen and oxygen atoms in total. The molecule has 3 aromatic carbocycles. The highest BCUT2D eigenvalue weighted by atomic mass is 16.6. The average molecular weight is 360 g/mol. The van der Waals surface area contributed by atoms with Crippen molar-refractivity contribution in [3.05, 3.63) is 76.8 Å². The number of rotatable bonds is 5. The van der Waals surface area contributed by atoms with Gasteiger partial charge in [-0.2, -0.15) is 0 Å². The second-order valence-corrected chi connectivity index (χ2v) is 5.96. The summed E-state index contributed by atoms with van der Waals surface area (Å²) in [5.74, 6) is 1.28. The third-order valence-electron chi connectivity index (χ3n) is 4.21. The third kappa shape index (κ3) is 3.37. The molecule has 6 heteroatoms. The van der Waals surface area contributed by atoms with Gasteiger partial charge in [-0.3, -0.25) is 10.1 Å². The highest BCUT2D eigenvalue weighted by molar-refractivity contribution is 5.79. The van der Waals surface area contributed by atoms with E-state index in [0.717, 1.165) is 22.4 Å². The molecule has 0 radical (unpaired) electrons. The number of nitro groups is 1. The molecule has 0 spiro atoms. The minimum Gasteiger partial charge on any atom is -0.494 e. The van der Waals surface area contributed by atoms with E-state index >= 15 is 0 Å². The molecule has 0 aliphatic heterocycles. The standard InChI is InChI=1S/C21H16N2O4/c1-2-26-18-10-7-15(8-11-18)14-3-5-16(6-4-14)21-22-19-13-17(23(24)25)9-12-20(19)27-21/h3-13H,2H2,1H3. The van der Waals surface area contributed by atoms with Crippen LogP contribution in [0.1, 0.15) is 6.92 Å². The summed E-state index contributed by atoms with van der Waals surface area (Å²) >= 11 is 0. The van der Waals surface area contributed by atoms with E-state index in [4.69, 9.17) is 9.15 Å². The van der Waals surface area contributed by atoms with Crippen LogP contribution in [-0.4, -0.2) is 16.5 Å². The van der Waals surface area contributed by atoms with Crippen LogP contribution in [0.3, 0.4) is 0 Å². The zero-order valence-corrected chi connectivity index (χ0v) is 14.6. The Morgan fingerprint density at radius 3 is 2.22 bits per heavy atom. The molecule has 0 bridgehead atoms. The first-order valence-corrected chi connectivity index (χ1v) is 8.52. The fourth-order valence-corrected chi connectivity index (χ4v) is 2.87. The van der Waals surface area contributed by atoms with Crippen LogP contribution >= 0.6 is 0 Å². The minimum absolute atomic E-state index is 0.00630. The summed E-state index contributed by atoms with van der Waals surface area (Å²) in [7, 11) is 0. The van der Waals surface area contributed by atoms with Gasteiger partial charge in [0.15, 0.2) is 5.58 Å². The summed E-state index contributed by atoms with van der Waals surface area (Å²) in [6.45, 7) is 2.60. The number of hydrogen-bond donors (Lipinski definition) is 0. The average Bonchev–Trinajstić information content (AvgIpc) is 3.12. The molecule has 0 fully saturated rings. The fraction of sp³-hybridized carbons (Fsp3) is 0.0952. The van der Waals surface area contributed by atoms with E-state index in [2.05, 4.69) is 4.98 Å². The number of fused-ring (bicyclic) bond motifs is 1. The quantitative estimate of drug-likeness (QED) is 0.348. The van der Waals surface area contributed by atoms with Crippen molar-refractivity contribution >= 4 is 16.8 Å². The Bertz CT molecular complexity index is 1100. The fourth-order valence-electron chi connectivity index (χ4n) is 2.87. The van der Waals surface area contributed by atoms with E-state index in [1.165, 1.54) is 12.1 Å². The van der Waals surface area contributed by atoms with Gasteiger partial charge in [-0.25, -0.2) is 4.98 Å². The number of nitro benzene ring substituents is 1. The van der Waals surface area contributed by atoms with E-state index in [-0.39, 0.29) is 5.69 Å². The number of oxazole rings is 1. The number of ether oxygens (including phenoxy) is 1. The molecule has 0 aliphatic carbocycles. The monoisotopic (exact) mass is 360 g/mol. The maximum Gasteiger partial charge on any atom is 0.271 e. The Morgan fingerprint density at radius 1 is 0.963 bits per heavy atom. The van der Waals surface area contributed by atoms with Crippen molar-refractivity contribution in [2.24, 2.45) is 0 Å². The van der Waals surface area contributed by atoms with Gasteiger partial charge in [0.2, 0.25) is 5.89 Å². The predicted octanol–water partition coefficient (Wildman–Crippen LogP) is 5.47. The predicted molar refractivity (Wildman–Crippen MR) is 103 cm³/mol. The van der Waals surface area contributed by atoms with Crippen LogP contribution < -0.4 is 4.74 Å². The number of aromatic nitrogens is 1. The van der Waals surface area contributed by atoms with Crippen LogP contribution in [0.5, 0.6) is 5.75 Å². The zero-order valence-electron chi connectivity index (χ0n) is 14.6. The van der Waals surface area contributed by atoms with E-state index in [1.807, 2.05) is 55.5 Å². The maximum atomic E-state index is 10.9. The van der Waals surface area contributed by atoms with Crippen LogP contribution in [-0.2, 0) is 0 Å². The number of nitrogens with zero attached hydrogens (tertiary/aromatic N) is 2. The highest BCUT2D eigenvalue weighted by Gasteiger charge is 2.13. The SMILES string of the molecule is CCOc1ccc(-c2ccc(-c3nc4cc([N+](=O)[O-])ccc4o3)cc2)cc1. The van der Waals surface area contributed by atoms with Gasteiger partial charge >= 0.3 is 0 Å². The van der Waals surface area contributed by atoms with Crippen molar-refractivity contribution in [2.75, 3.05) is 6.61 Å². The lowest BCUT2D eigenvalue weighted by molar-refractivity contribution is -0.384. The van der Waals surface area contributed by atoms with Crippen LogP contribution in [0.4, 0.5) is 5.69 Å². The Morgan fingerprint density at radius 2 is 1.59 bits per heavy atom. The Labute approximate surface area is 155 Å². The van der Waals surface area contributed by atoms with Crippen LogP contribution in [0.15, 0.2) is 71.1 Å². The summed E-state index contributed by atoms with van der Waals surface area (Å²) in [4.78, 5) is 14.8. The van der Waals surface area contributed by atoms with Crippen molar-refractivity contribution in [2.45, 2.75) is 6.92 Å². The normalized spacial score (nSPS) is 10.9. The molecule has 134 valence electrons. The molecule has 0 N–H and O–H groups in total. The lowest BCUT2D eigenvalue weighted by Crippen LogP contribution is -1.90. The van der Waals surface area contributed by atoms with Gasteiger partial charge in [-0.15, -0.1) is 0 Å². The molecular weight excluding hydrogens is 344 g/mol. The summed E-state index contributed by atoms with van der Waals surface area (Å²) in [5.41, 5.74) is 3.93. The van der Waals surface area contributed by atoms with E-state index in [0.29, 0.717) is 23.6 Å². The van der Waals surface area contributed by atoms with Crippen molar-refractivity contribution in [1.82, 2.24) is 4.98 Å². The summed E-state index contributed by atoms with van der Waals surface area (Å²) < 4.78 is 11.2. The minimum atomic E-state index is -0.445. The molecule has 27 heavy (non-hydrogen) atoms. The number of hydrogen-bond acceptors (Lipinski definition) is 5. The first kappa shape index (κ1) is 16.8. The number of benzene rings is 3. The molecule has 0 atom stereocenters. The van der Waals surface area contributed by atoms with Crippen molar-refractivity contribution in [3.63, 3.8) is 0 Å².